The molecule has 0 saturated carbocycles. The smallest absolute Gasteiger partial charge is 0.407 e. The number of nitrogens with one attached hydrogen (secondary N) is 2. The van der Waals surface area contributed by atoms with E-state index >= 15 is 0 Å². The molecule has 1 aromatic rings. The summed E-state index contributed by atoms with van der Waals surface area (Å²) in [6.45, 7) is 10.5. The number of alkyl carbamates (subject to hydrolysis) is 1. The van der Waals surface area contributed by atoms with Gasteiger partial charge in [-0.15, -0.1) is 0 Å². The highest BCUT2D eigenvalue weighted by atomic mass is 16.6. The second-order valence-corrected chi connectivity index (χ2v) is 8.73. The SMILES string of the molecule is COCCCOc1cc(C(=O)N(C[C@H]2CNC[C@@H]2NC(=O)OC(C)C)C(C)C)ccc1OC. The molecule has 9 heteroatoms. The number of hydrogen-bond acceptors (Lipinski definition) is 7. The van der Waals surface area contributed by atoms with Crippen molar-refractivity contribution in [1.82, 2.24) is 15.5 Å². The zero-order valence-corrected chi connectivity index (χ0v) is 20.7. The molecule has 33 heavy (non-hydrogen) atoms. The van der Waals surface area contributed by atoms with Gasteiger partial charge in [0, 0.05) is 57.3 Å². The Hall–Kier alpha value is -2.52. The van der Waals surface area contributed by atoms with Crippen molar-refractivity contribution >= 4 is 12.0 Å². The third kappa shape index (κ3) is 8.08. The number of ether oxygens (including phenoxy) is 4. The van der Waals surface area contributed by atoms with Crippen LogP contribution in [0.5, 0.6) is 11.5 Å². The van der Waals surface area contributed by atoms with Crippen molar-refractivity contribution < 1.29 is 28.5 Å². The summed E-state index contributed by atoms with van der Waals surface area (Å²) in [4.78, 5) is 27.4. The minimum Gasteiger partial charge on any atom is -0.493 e. The maximum absolute atomic E-state index is 13.5. The van der Waals surface area contributed by atoms with E-state index in [0.29, 0.717) is 49.9 Å². The Morgan fingerprint density at radius 1 is 1.12 bits per heavy atom. The first-order chi connectivity index (χ1) is 15.8. The van der Waals surface area contributed by atoms with Crippen LogP contribution in [0.1, 0.15) is 44.5 Å². The maximum atomic E-state index is 13.5. The Balaban J connectivity index is 2.11. The fraction of sp³-hybridized carbons (Fsp3) is 0.667. The molecule has 2 atom stereocenters. The van der Waals surface area contributed by atoms with E-state index in [-0.39, 0.29) is 30.0 Å². The Morgan fingerprint density at radius 3 is 2.52 bits per heavy atom. The standard InChI is InChI=1S/C24H39N3O6/c1-16(2)27(15-19-13-25-14-20(19)26-24(29)33-17(3)4)23(28)18-8-9-21(31-6)22(12-18)32-11-7-10-30-5/h8-9,12,16-17,19-20,25H,7,10-11,13-15H2,1-6H3,(H,26,29)/t19-,20+/m1/s1. The summed E-state index contributed by atoms with van der Waals surface area (Å²) in [6.07, 6.45) is 0.113. The Bertz CT molecular complexity index is 771. The number of hydrogen-bond donors (Lipinski definition) is 2. The molecule has 186 valence electrons. The van der Waals surface area contributed by atoms with Crippen molar-refractivity contribution in [3.05, 3.63) is 23.8 Å². The van der Waals surface area contributed by atoms with Gasteiger partial charge in [0.25, 0.3) is 5.91 Å². The third-order valence-corrected chi connectivity index (χ3v) is 5.46. The van der Waals surface area contributed by atoms with Gasteiger partial charge in [-0.3, -0.25) is 4.79 Å². The molecule has 0 spiro atoms. The number of nitrogens with zero attached hydrogens (tertiary/aromatic N) is 1. The lowest BCUT2D eigenvalue weighted by Crippen LogP contribution is -2.48. The molecule has 1 fully saturated rings. The first-order valence-corrected chi connectivity index (χ1v) is 11.5. The molecule has 2 amide bonds. The summed E-state index contributed by atoms with van der Waals surface area (Å²) in [5.74, 6) is 1.08. The lowest BCUT2D eigenvalue weighted by molar-refractivity contribution is 0.0665. The molecule has 1 heterocycles. The van der Waals surface area contributed by atoms with Crippen molar-refractivity contribution in [3.8, 4) is 11.5 Å². The molecule has 0 unspecified atom stereocenters. The van der Waals surface area contributed by atoms with Crippen molar-refractivity contribution in [3.63, 3.8) is 0 Å². The molecule has 0 bridgehead atoms. The fourth-order valence-corrected chi connectivity index (χ4v) is 3.75. The molecule has 1 aromatic carbocycles. The quantitative estimate of drug-likeness (QED) is 0.458. The monoisotopic (exact) mass is 465 g/mol. The molecular formula is C24H39N3O6. The minimum atomic E-state index is -0.434. The van der Waals surface area contributed by atoms with E-state index in [1.807, 2.05) is 32.6 Å². The summed E-state index contributed by atoms with van der Waals surface area (Å²) in [5, 5.41) is 6.24. The van der Waals surface area contributed by atoms with Gasteiger partial charge in [0.15, 0.2) is 11.5 Å². The highest BCUT2D eigenvalue weighted by molar-refractivity contribution is 5.95. The van der Waals surface area contributed by atoms with Gasteiger partial charge in [-0.25, -0.2) is 4.79 Å². The summed E-state index contributed by atoms with van der Waals surface area (Å²) in [6, 6.07) is 5.10. The van der Waals surface area contributed by atoms with Crippen molar-refractivity contribution in [2.45, 2.75) is 52.3 Å². The average molecular weight is 466 g/mol. The highest BCUT2D eigenvalue weighted by Gasteiger charge is 2.33. The van der Waals surface area contributed by atoms with Gasteiger partial charge in [0.05, 0.1) is 25.9 Å². The molecule has 1 saturated heterocycles. The van der Waals surface area contributed by atoms with Crippen molar-refractivity contribution in [1.29, 1.82) is 0 Å². The number of rotatable bonds is 12. The topological polar surface area (TPSA) is 98.4 Å². The summed E-state index contributed by atoms with van der Waals surface area (Å²) >= 11 is 0. The number of carbonyl (C=O) groups excluding carboxylic acids is 2. The van der Waals surface area contributed by atoms with Gasteiger partial charge in [-0.1, -0.05) is 0 Å². The van der Waals surface area contributed by atoms with E-state index in [0.717, 1.165) is 6.42 Å². The van der Waals surface area contributed by atoms with Crippen LogP contribution in [0.15, 0.2) is 18.2 Å². The third-order valence-electron chi connectivity index (χ3n) is 5.46. The van der Waals surface area contributed by atoms with Crippen LogP contribution in [0.4, 0.5) is 4.79 Å². The number of benzene rings is 1. The molecule has 0 aliphatic carbocycles. The maximum Gasteiger partial charge on any atom is 0.407 e. The number of amides is 2. The van der Waals surface area contributed by atoms with E-state index in [1.165, 1.54) is 0 Å². The van der Waals surface area contributed by atoms with Crippen LogP contribution in [0.2, 0.25) is 0 Å². The minimum absolute atomic E-state index is 0.0189. The number of methoxy groups -OCH3 is 2. The van der Waals surface area contributed by atoms with Crippen molar-refractivity contribution in [2.75, 3.05) is 47.1 Å². The average Bonchev–Trinajstić information content (AvgIpc) is 3.20. The first kappa shape index (κ1) is 26.7. The van der Waals surface area contributed by atoms with Gasteiger partial charge in [0.2, 0.25) is 0 Å². The van der Waals surface area contributed by atoms with E-state index in [9.17, 15) is 9.59 Å². The van der Waals surface area contributed by atoms with E-state index in [2.05, 4.69) is 10.6 Å². The molecule has 2 rings (SSSR count). The van der Waals surface area contributed by atoms with Crippen LogP contribution in [-0.2, 0) is 9.47 Å². The Morgan fingerprint density at radius 2 is 1.88 bits per heavy atom. The van der Waals surface area contributed by atoms with Crippen LogP contribution in [0.25, 0.3) is 0 Å². The summed E-state index contributed by atoms with van der Waals surface area (Å²) in [7, 11) is 3.22. The largest absolute Gasteiger partial charge is 0.493 e. The predicted octanol–water partition coefficient (Wildman–Crippen LogP) is 2.68. The fourth-order valence-electron chi connectivity index (χ4n) is 3.75. The van der Waals surface area contributed by atoms with Crippen LogP contribution in [0, 0.1) is 5.92 Å². The van der Waals surface area contributed by atoms with E-state index < -0.39 is 6.09 Å². The summed E-state index contributed by atoms with van der Waals surface area (Å²) in [5.41, 5.74) is 0.529. The van der Waals surface area contributed by atoms with Gasteiger partial charge >= 0.3 is 6.09 Å². The molecule has 2 N–H and O–H groups in total. The van der Waals surface area contributed by atoms with Crippen LogP contribution < -0.4 is 20.1 Å². The second-order valence-electron chi connectivity index (χ2n) is 8.73. The molecule has 1 aliphatic rings. The lowest BCUT2D eigenvalue weighted by atomic mass is 10.0. The van der Waals surface area contributed by atoms with E-state index in [1.54, 1.807) is 32.4 Å². The van der Waals surface area contributed by atoms with Gasteiger partial charge < -0.3 is 34.5 Å². The molecule has 1 aliphatic heterocycles. The lowest BCUT2D eigenvalue weighted by Gasteiger charge is -2.32. The Labute approximate surface area is 197 Å². The van der Waals surface area contributed by atoms with Crippen LogP contribution in [0.3, 0.4) is 0 Å². The summed E-state index contributed by atoms with van der Waals surface area (Å²) < 4.78 is 21.5. The molecule has 0 radical (unpaired) electrons. The highest BCUT2D eigenvalue weighted by Crippen LogP contribution is 2.29. The molecule has 0 aromatic heterocycles. The van der Waals surface area contributed by atoms with E-state index in [4.69, 9.17) is 18.9 Å². The zero-order chi connectivity index (χ0) is 24.4. The first-order valence-electron chi connectivity index (χ1n) is 11.5. The van der Waals surface area contributed by atoms with Crippen LogP contribution in [-0.4, -0.2) is 82.2 Å². The zero-order valence-electron chi connectivity index (χ0n) is 20.7. The number of carbonyl (C=O) groups is 2. The van der Waals surface area contributed by atoms with Gasteiger partial charge in [-0.2, -0.15) is 0 Å². The Kier molecular flexibility index (Phi) is 10.7. The molecule has 9 nitrogen and oxygen atoms in total. The second kappa shape index (κ2) is 13.3. The van der Waals surface area contributed by atoms with Crippen LogP contribution >= 0.6 is 0 Å². The normalized spacial score (nSPS) is 17.8. The molecular weight excluding hydrogens is 426 g/mol. The van der Waals surface area contributed by atoms with Crippen molar-refractivity contribution in [2.24, 2.45) is 5.92 Å². The van der Waals surface area contributed by atoms with Gasteiger partial charge in [-0.05, 0) is 45.9 Å². The van der Waals surface area contributed by atoms with Gasteiger partial charge in [0.1, 0.15) is 0 Å². The predicted molar refractivity (Wildman–Crippen MR) is 126 cm³/mol.